The van der Waals surface area contributed by atoms with E-state index in [2.05, 4.69) is 72.8 Å². The molecule has 2 fully saturated rings. The molecule has 0 nitrogen and oxygen atoms in total. The number of benzene rings is 2. The summed E-state index contributed by atoms with van der Waals surface area (Å²) in [6.07, 6.45) is 17.1. The average Bonchev–Trinajstić information content (AvgIpc) is 3.45. The quantitative estimate of drug-likeness (QED) is 0.255. The van der Waals surface area contributed by atoms with Gasteiger partial charge in [0, 0.05) is 16.8 Å². The molecule has 4 aromatic carbocycles. The van der Waals surface area contributed by atoms with E-state index in [9.17, 15) is 0 Å². The summed E-state index contributed by atoms with van der Waals surface area (Å²) < 4.78 is 0. The predicted octanol–water partition coefficient (Wildman–Crippen LogP) is 9.36. The van der Waals surface area contributed by atoms with E-state index >= 15 is 0 Å². The fraction of sp³-hybridized carbons (Fsp3) is 0.438. The van der Waals surface area contributed by atoms with Gasteiger partial charge in [-0.1, -0.05) is 87.8 Å². The SMILES string of the molecule is [Co].c1cc[c-]2ccc(CC3CCCCC3)c2c1.c1cc[c-]2ccc(CC3CCCCC3)c2c1. The second-order valence-corrected chi connectivity index (χ2v) is 10.3. The van der Waals surface area contributed by atoms with Crippen molar-refractivity contribution < 1.29 is 16.8 Å². The first kappa shape index (κ1) is 24.3. The van der Waals surface area contributed by atoms with Gasteiger partial charge in [0.25, 0.3) is 0 Å². The van der Waals surface area contributed by atoms with Crippen molar-refractivity contribution in [2.75, 3.05) is 0 Å². The van der Waals surface area contributed by atoms with Gasteiger partial charge >= 0.3 is 0 Å². The third-order valence-electron chi connectivity index (χ3n) is 8.01. The van der Waals surface area contributed by atoms with Gasteiger partial charge in [0.15, 0.2) is 0 Å². The maximum atomic E-state index is 2.33. The largest absolute Gasteiger partial charge is 0.148 e. The Hall–Kier alpha value is -1.83. The number of hydrogen-bond acceptors (Lipinski definition) is 0. The predicted molar refractivity (Wildman–Crippen MR) is 140 cm³/mol. The molecular weight excluding hydrogens is 443 g/mol. The normalized spacial score (nSPS) is 17.5. The Balaban J connectivity index is 0.000000152. The summed E-state index contributed by atoms with van der Waals surface area (Å²) in [6.45, 7) is 0. The molecule has 0 unspecified atom stereocenters. The van der Waals surface area contributed by atoms with Gasteiger partial charge in [-0.25, -0.2) is 0 Å². The van der Waals surface area contributed by atoms with Crippen molar-refractivity contribution in [3.8, 4) is 0 Å². The first-order valence-electron chi connectivity index (χ1n) is 13.1. The van der Waals surface area contributed by atoms with E-state index in [-0.39, 0.29) is 16.8 Å². The molecule has 33 heavy (non-hydrogen) atoms. The summed E-state index contributed by atoms with van der Waals surface area (Å²) >= 11 is 0. The molecule has 2 saturated carbocycles. The van der Waals surface area contributed by atoms with Gasteiger partial charge in [-0.05, 0) is 11.8 Å². The Morgan fingerprint density at radius 3 is 1.36 bits per heavy atom. The van der Waals surface area contributed by atoms with E-state index in [1.54, 1.807) is 11.1 Å². The van der Waals surface area contributed by atoms with Crippen LogP contribution in [0.4, 0.5) is 0 Å². The Bertz CT molecular complexity index is 1010. The van der Waals surface area contributed by atoms with Crippen molar-refractivity contribution in [1.82, 2.24) is 0 Å². The molecule has 0 heterocycles. The van der Waals surface area contributed by atoms with Gasteiger partial charge in [-0.3, -0.25) is 0 Å². The minimum absolute atomic E-state index is 0. The van der Waals surface area contributed by atoms with Gasteiger partial charge in [0.2, 0.25) is 0 Å². The zero-order valence-corrected chi connectivity index (χ0v) is 20.9. The molecule has 2 aliphatic carbocycles. The van der Waals surface area contributed by atoms with E-state index < -0.39 is 0 Å². The van der Waals surface area contributed by atoms with E-state index in [1.165, 1.54) is 98.6 Å². The second kappa shape index (κ2) is 12.0. The first-order valence-corrected chi connectivity index (χ1v) is 13.1. The smallest absolute Gasteiger partial charge is 0 e. The Labute approximate surface area is 210 Å². The third-order valence-corrected chi connectivity index (χ3v) is 8.01. The van der Waals surface area contributed by atoms with Gasteiger partial charge in [-0.15, -0.1) is 94.7 Å². The fourth-order valence-electron chi connectivity index (χ4n) is 6.19. The van der Waals surface area contributed by atoms with Crippen LogP contribution in [0.5, 0.6) is 0 Å². The Kier molecular flexibility index (Phi) is 8.86. The van der Waals surface area contributed by atoms with Crippen LogP contribution < -0.4 is 0 Å². The molecule has 1 radical (unpaired) electrons. The van der Waals surface area contributed by atoms with Crippen molar-refractivity contribution in [2.45, 2.75) is 77.0 Å². The van der Waals surface area contributed by atoms with Crippen LogP contribution in [0.25, 0.3) is 21.5 Å². The first-order chi connectivity index (χ1) is 15.9. The minimum Gasteiger partial charge on any atom is -0.148 e. The van der Waals surface area contributed by atoms with Crippen molar-refractivity contribution in [2.24, 2.45) is 11.8 Å². The van der Waals surface area contributed by atoms with E-state index in [4.69, 9.17) is 0 Å². The molecule has 0 amide bonds. The zero-order valence-electron chi connectivity index (χ0n) is 19.9. The van der Waals surface area contributed by atoms with Crippen molar-refractivity contribution >= 4 is 21.5 Å². The molecule has 2 aliphatic rings. The van der Waals surface area contributed by atoms with Crippen LogP contribution in [-0.2, 0) is 29.6 Å². The molecule has 1 heteroatoms. The molecule has 0 spiro atoms. The standard InChI is InChI=1S/2C16H19.Co/c2*1-2-6-13(7-3-1)12-15-11-10-14-8-4-5-9-16(14)15;/h2*4-5,8-11,13H,1-3,6-7,12H2;/q2*-1;. The van der Waals surface area contributed by atoms with Crippen LogP contribution in [0.3, 0.4) is 0 Å². The zero-order chi connectivity index (χ0) is 21.6. The van der Waals surface area contributed by atoms with Crippen molar-refractivity contribution in [3.05, 3.63) is 83.9 Å². The van der Waals surface area contributed by atoms with Crippen LogP contribution in [0.15, 0.2) is 72.8 Å². The molecule has 0 aromatic heterocycles. The van der Waals surface area contributed by atoms with E-state index in [0.717, 1.165) is 11.8 Å². The second-order valence-electron chi connectivity index (χ2n) is 10.3. The Morgan fingerprint density at radius 2 is 0.939 bits per heavy atom. The van der Waals surface area contributed by atoms with Crippen LogP contribution in [-0.4, -0.2) is 0 Å². The molecule has 177 valence electrons. The topological polar surface area (TPSA) is 0 Å². The Morgan fingerprint density at radius 1 is 0.515 bits per heavy atom. The molecule has 6 rings (SSSR count). The molecule has 0 atom stereocenters. The fourth-order valence-corrected chi connectivity index (χ4v) is 6.19. The molecule has 0 saturated heterocycles. The average molecular weight is 482 g/mol. The van der Waals surface area contributed by atoms with E-state index in [1.807, 2.05) is 0 Å². The summed E-state index contributed by atoms with van der Waals surface area (Å²) in [5.41, 5.74) is 3.14. The van der Waals surface area contributed by atoms with Gasteiger partial charge in [0.1, 0.15) is 0 Å². The molecule has 4 aromatic rings. The molecule has 0 aliphatic heterocycles. The third kappa shape index (κ3) is 6.19. The summed E-state index contributed by atoms with van der Waals surface area (Å²) in [5, 5.41) is 5.78. The maximum Gasteiger partial charge on any atom is 0 e. The van der Waals surface area contributed by atoms with Crippen LogP contribution in [0, 0.1) is 11.8 Å². The maximum absolute atomic E-state index is 2.33. The van der Waals surface area contributed by atoms with Crippen LogP contribution in [0.2, 0.25) is 0 Å². The number of fused-ring (bicyclic) bond motifs is 2. The minimum atomic E-state index is 0. The van der Waals surface area contributed by atoms with Crippen LogP contribution >= 0.6 is 0 Å². The van der Waals surface area contributed by atoms with Gasteiger partial charge in [-0.2, -0.15) is 0 Å². The van der Waals surface area contributed by atoms with Gasteiger partial charge < -0.3 is 0 Å². The molecular formula is C32H38Co-2. The molecule has 0 bridgehead atoms. The number of hydrogen-bond donors (Lipinski definition) is 0. The monoisotopic (exact) mass is 481 g/mol. The summed E-state index contributed by atoms with van der Waals surface area (Å²) in [6, 6.07) is 26.8. The van der Waals surface area contributed by atoms with E-state index in [0.29, 0.717) is 0 Å². The molecule has 0 N–H and O–H groups in total. The van der Waals surface area contributed by atoms with Crippen molar-refractivity contribution in [1.29, 1.82) is 0 Å². The van der Waals surface area contributed by atoms with Crippen molar-refractivity contribution in [3.63, 3.8) is 0 Å². The summed E-state index contributed by atoms with van der Waals surface area (Å²) in [5.74, 6) is 1.89. The number of rotatable bonds is 4. The van der Waals surface area contributed by atoms with Crippen LogP contribution in [0.1, 0.15) is 75.3 Å². The van der Waals surface area contributed by atoms with Gasteiger partial charge in [0.05, 0.1) is 0 Å². The summed E-state index contributed by atoms with van der Waals surface area (Å²) in [7, 11) is 0. The summed E-state index contributed by atoms with van der Waals surface area (Å²) in [4.78, 5) is 0.